The predicted molar refractivity (Wildman–Crippen MR) is 98.2 cm³/mol. The van der Waals surface area contributed by atoms with E-state index in [0.717, 1.165) is 17.2 Å². The van der Waals surface area contributed by atoms with Crippen LogP contribution in [0.2, 0.25) is 0 Å². The molecule has 128 valence electrons. The average molecular weight is 324 g/mol. The summed E-state index contributed by atoms with van der Waals surface area (Å²) < 4.78 is 11.5. The van der Waals surface area contributed by atoms with Gasteiger partial charge in [0.1, 0.15) is 5.75 Å². The molecular formula is C22H28O2. The molecule has 1 fully saturated rings. The SMILES string of the molecule is COC(Oc1ccc(C(C2CC2)C(C)(C)C)cc1)c1ccccc1. The van der Waals surface area contributed by atoms with Gasteiger partial charge in [0.15, 0.2) is 0 Å². The van der Waals surface area contributed by atoms with Crippen LogP contribution in [0.15, 0.2) is 54.6 Å². The first-order valence-corrected chi connectivity index (χ1v) is 8.83. The molecule has 0 heterocycles. The predicted octanol–water partition coefficient (Wildman–Crippen LogP) is 5.95. The molecule has 0 aromatic heterocycles. The first-order chi connectivity index (χ1) is 11.5. The molecular weight excluding hydrogens is 296 g/mol. The monoisotopic (exact) mass is 324 g/mol. The van der Waals surface area contributed by atoms with Crippen LogP contribution in [0.5, 0.6) is 5.75 Å². The highest BCUT2D eigenvalue weighted by Crippen LogP contribution is 2.51. The van der Waals surface area contributed by atoms with Crippen LogP contribution in [0, 0.1) is 11.3 Å². The van der Waals surface area contributed by atoms with Crippen molar-refractivity contribution in [2.75, 3.05) is 7.11 Å². The van der Waals surface area contributed by atoms with Crippen molar-refractivity contribution in [2.45, 2.75) is 45.8 Å². The van der Waals surface area contributed by atoms with Crippen LogP contribution in [-0.4, -0.2) is 7.11 Å². The Morgan fingerprint density at radius 3 is 2.00 bits per heavy atom. The second-order valence-electron chi connectivity index (χ2n) is 7.85. The van der Waals surface area contributed by atoms with Gasteiger partial charge in [-0.05, 0) is 47.8 Å². The summed E-state index contributed by atoms with van der Waals surface area (Å²) in [6.45, 7) is 7.03. The molecule has 2 nitrogen and oxygen atoms in total. The van der Waals surface area contributed by atoms with Crippen molar-refractivity contribution in [3.63, 3.8) is 0 Å². The molecule has 0 aliphatic heterocycles. The van der Waals surface area contributed by atoms with Crippen molar-refractivity contribution < 1.29 is 9.47 Å². The molecule has 0 N–H and O–H groups in total. The zero-order chi connectivity index (χ0) is 17.2. The zero-order valence-corrected chi connectivity index (χ0v) is 15.2. The van der Waals surface area contributed by atoms with Crippen LogP contribution in [0.1, 0.15) is 56.9 Å². The van der Waals surface area contributed by atoms with Gasteiger partial charge in [-0.25, -0.2) is 0 Å². The van der Waals surface area contributed by atoms with Crippen molar-refractivity contribution in [1.29, 1.82) is 0 Å². The van der Waals surface area contributed by atoms with E-state index in [9.17, 15) is 0 Å². The van der Waals surface area contributed by atoms with Crippen LogP contribution in [0.4, 0.5) is 0 Å². The van der Waals surface area contributed by atoms with Crippen LogP contribution in [0.3, 0.4) is 0 Å². The van der Waals surface area contributed by atoms with E-state index in [2.05, 4.69) is 45.0 Å². The topological polar surface area (TPSA) is 18.5 Å². The first kappa shape index (κ1) is 17.0. The Hall–Kier alpha value is -1.80. The average Bonchev–Trinajstić information content (AvgIpc) is 3.38. The van der Waals surface area contributed by atoms with E-state index in [4.69, 9.17) is 9.47 Å². The Morgan fingerprint density at radius 2 is 1.50 bits per heavy atom. The molecule has 0 radical (unpaired) electrons. The number of benzene rings is 2. The van der Waals surface area contributed by atoms with Gasteiger partial charge in [-0.3, -0.25) is 0 Å². The van der Waals surface area contributed by atoms with Gasteiger partial charge in [0.05, 0.1) is 0 Å². The molecule has 0 amide bonds. The van der Waals surface area contributed by atoms with Crippen molar-refractivity contribution in [3.8, 4) is 5.75 Å². The van der Waals surface area contributed by atoms with Gasteiger partial charge in [0.25, 0.3) is 0 Å². The summed E-state index contributed by atoms with van der Waals surface area (Å²) in [6.07, 6.45) is 2.35. The summed E-state index contributed by atoms with van der Waals surface area (Å²) in [5, 5.41) is 0. The van der Waals surface area contributed by atoms with Crippen molar-refractivity contribution in [2.24, 2.45) is 11.3 Å². The summed E-state index contributed by atoms with van der Waals surface area (Å²) >= 11 is 0. The quantitative estimate of drug-likeness (QED) is 0.611. The van der Waals surface area contributed by atoms with Gasteiger partial charge < -0.3 is 9.47 Å². The van der Waals surface area contributed by atoms with E-state index in [1.807, 2.05) is 30.3 Å². The van der Waals surface area contributed by atoms with Gasteiger partial charge in [-0.15, -0.1) is 0 Å². The fourth-order valence-corrected chi connectivity index (χ4v) is 3.65. The van der Waals surface area contributed by atoms with Gasteiger partial charge in [0, 0.05) is 12.7 Å². The molecule has 2 atom stereocenters. The van der Waals surface area contributed by atoms with Gasteiger partial charge in [-0.1, -0.05) is 63.2 Å². The molecule has 24 heavy (non-hydrogen) atoms. The van der Waals surface area contributed by atoms with Crippen LogP contribution in [0.25, 0.3) is 0 Å². The summed E-state index contributed by atoms with van der Waals surface area (Å²) in [7, 11) is 1.68. The highest BCUT2D eigenvalue weighted by atomic mass is 16.7. The number of rotatable bonds is 6. The standard InChI is InChI=1S/C22H28O2/c1-22(2,3)20(16-10-11-16)17-12-14-19(15-13-17)24-21(23-4)18-8-6-5-7-9-18/h5-9,12-16,20-21H,10-11H2,1-4H3. The normalized spacial score (nSPS) is 17.3. The molecule has 0 bridgehead atoms. The van der Waals surface area contributed by atoms with E-state index < -0.39 is 0 Å². The molecule has 2 aromatic rings. The number of methoxy groups -OCH3 is 1. The second kappa shape index (κ2) is 6.98. The van der Waals surface area contributed by atoms with Gasteiger partial charge in [-0.2, -0.15) is 0 Å². The summed E-state index contributed by atoms with van der Waals surface area (Å²) in [5.74, 6) is 2.31. The van der Waals surface area contributed by atoms with Crippen LogP contribution in [-0.2, 0) is 4.74 Å². The summed E-state index contributed by atoms with van der Waals surface area (Å²) in [4.78, 5) is 0. The first-order valence-electron chi connectivity index (χ1n) is 8.83. The Kier molecular flexibility index (Phi) is 4.96. The molecule has 2 unspecified atom stereocenters. The number of ether oxygens (including phenoxy) is 2. The van der Waals surface area contributed by atoms with Gasteiger partial charge >= 0.3 is 0 Å². The third-order valence-corrected chi connectivity index (χ3v) is 4.79. The summed E-state index contributed by atoms with van der Waals surface area (Å²) in [5.41, 5.74) is 2.74. The Morgan fingerprint density at radius 1 is 0.875 bits per heavy atom. The fraction of sp³-hybridized carbons (Fsp3) is 0.455. The highest BCUT2D eigenvalue weighted by Gasteiger charge is 2.39. The molecule has 0 saturated heterocycles. The van der Waals surface area contributed by atoms with Crippen LogP contribution >= 0.6 is 0 Å². The van der Waals surface area contributed by atoms with E-state index in [1.54, 1.807) is 7.11 Å². The Balaban J connectivity index is 1.74. The van der Waals surface area contributed by atoms with E-state index in [1.165, 1.54) is 18.4 Å². The van der Waals surface area contributed by atoms with Crippen LogP contribution < -0.4 is 4.74 Å². The maximum atomic E-state index is 6.02. The molecule has 0 spiro atoms. The zero-order valence-electron chi connectivity index (χ0n) is 15.2. The molecule has 3 rings (SSSR count). The summed E-state index contributed by atoms with van der Waals surface area (Å²) in [6, 6.07) is 18.6. The lowest BCUT2D eigenvalue weighted by molar-refractivity contribution is -0.0562. The minimum atomic E-state index is -0.376. The maximum Gasteiger partial charge on any atom is 0.226 e. The van der Waals surface area contributed by atoms with Gasteiger partial charge in [0.2, 0.25) is 6.29 Å². The Bertz CT molecular complexity index is 636. The third kappa shape index (κ3) is 3.99. The van der Waals surface area contributed by atoms with Crippen molar-refractivity contribution in [3.05, 3.63) is 65.7 Å². The smallest absolute Gasteiger partial charge is 0.226 e. The van der Waals surface area contributed by atoms with E-state index in [-0.39, 0.29) is 6.29 Å². The fourth-order valence-electron chi connectivity index (χ4n) is 3.65. The minimum absolute atomic E-state index is 0.294. The lowest BCUT2D eigenvalue weighted by Crippen LogP contribution is -2.20. The maximum absolute atomic E-state index is 6.02. The second-order valence-corrected chi connectivity index (χ2v) is 7.85. The molecule has 2 heteroatoms. The third-order valence-electron chi connectivity index (χ3n) is 4.79. The van der Waals surface area contributed by atoms with E-state index >= 15 is 0 Å². The highest BCUT2D eigenvalue weighted by molar-refractivity contribution is 5.32. The van der Waals surface area contributed by atoms with E-state index in [0.29, 0.717) is 11.3 Å². The Labute approximate surface area is 145 Å². The molecule has 2 aromatic carbocycles. The van der Waals surface area contributed by atoms with Crippen molar-refractivity contribution in [1.82, 2.24) is 0 Å². The molecule has 1 aliphatic carbocycles. The lowest BCUT2D eigenvalue weighted by atomic mass is 9.73. The minimum Gasteiger partial charge on any atom is -0.461 e. The number of hydrogen-bond donors (Lipinski definition) is 0. The van der Waals surface area contributed by atoms with Crippen molar-refractivity contribution >= 4 is 0 Å². The largest absolute Gasteiger partial charge is 0.461 e. The number of hydrogen-bond acceptors (Lipinski definition) is 2. The molecule has 1 aliphatic rings. The molecule has 1 saturated carbocycles. The lowest BCUT2D eigenvalue weighted by Gasteiger charge is -2.31.